The van der Waals surface area contributed by atoms with Crippen molar-refractivity contribution in [3.63, 3.8) is 0 Å². The van der Waals surface area contributed by atoms with Gasteiger partial charge < -0.3 is 61.1 Å². The lowest BCUT2D eigenvalue weighted by Gasteiger charge is -2.20. The maximum absolute atomic E-state index is 12.6. The first-order valence-corrected chi connectivity index (χ1v) is 26.5. The minimum absolute atomic E-state index is 0.0878. The number of carbonyl (C=O) groups is 6. The Morgan fingerprint density at radius 1 is 0.658 bits per heavy atom. The van der Waals surface area contributed by atoms with Gasteiger partial charge >= 0.3 is 5.97 Å². The standard InChI is InChI=1S/C32H33N5O5.C23H46N2O7.C2H6/c1-20-14-16-35-28(17-20)34-15-4-7-29(38)36-19-30(39)37-27(18-31(40)41)22-10-8-21(9-11-22)23-12-13-26(32(33)42)25-6-3-2-5-24(23)25;1-5-7-22(26)25-21(19-20(3)4)23(27)24-8-10-29-12-14-31-16-18-32-17-15-30-13-11-28-9-6-2;1-2/h2-3,5-6,8-14,16-17,27H,4,7,15,18-19H2,1H3,(H2,33,42)(H,34,35)(H,36,38)(H,37,39)(H,40,41);20-21H,5-19H2,1-4H3,(H,24,27)(H,25,26);1-2H3/t27-;21-;/m00./s1. The second-order valence-electron chi connectivity index (χ2n) is 17.8. The Morgan fingerprint density at radius 3 is 1.83 bits per heavy atom. The number of nitrogens with two attached hydrogens (primary N) is 1. The Morgan fingerprint density at radius 2 is 1.26 bits per heavy atom. The summed E-state index contributed by atoms with van der Waals surface area (Å²) in [5.74, 6) is -1.56. The number of hydrogen-bond donors (Lipinski definition) is 7. The van der Waals surface area contributed by atoms with E-state index in [-0.39, 0.29) is 37.1 Å². The smallest absolute Gasteiger partial charge is 0.305 e. The van der Waals surface area contributed by atoms with Crippen LogP contribution < -0.4 is 32.3 Å². The van der Waals surface area contributed by atoms with Crippen LogP contribution in [0.5, 0.6) is 0 Å². The molecule has 3 aromatic carbocycles. The van der Waals surface area contributed by atoms with Crippen LogP contribution in [0.2, 0.25) is 0 Å². The Bertz CT molecular complexity index is 2310. The summed E-state index contributed by atoms with van der Waals surface area (Å²) in [6.45, 7) is 20.1. The van der Waals surface area contributed by atoms with E-state index in [9.17, 15) is 33.9 Å². The number of rotatable bonds is 36. The van der Waals surface area contributed by atoms with Crippen LogP contribution in [0.3, 0.4) is 0 Å². The highest BCUT2D eigenvalue weighted by Crippen LogP contribution is 2.32. The first kappa shape index (κ1) is 65.6. The highest BCUT2D eigenvalue weighted by Gasteiger charge is 2.22. The zero-order valence-corrected chi connectivity index (χ0v) is 45.8. The molecule has 19 nitrogen and oxygen atoms in total. The van der Waals surface area contributed by atoms with Crippen LogP contribution in [0.1, 0.15) is 114 Å². The van der Waals surface area contributed by atoms with Crippen LogP contribution in [0.15, 0.2) is 79.0 Å². The lowest BCUT2D eigenvalue weighted by molar-refractivity contribution is -0.138. The zero-order valence-electron chi connectivity index (χ0n) is 45.8. The van der Waals surface area contributed by atoms with Crippen molar-refractivity contribution in [2.75, 3.05) is 91.0 Å². The summed E-state index contributed by atoms with van der Waals surface area (Å²) < 4.78 is 27.0. The molecule has 0 aliphatic carbocycles. The zero-order chi connectivity index (χ0) is 55.9. The summed E-state index contributed by atoms with van der Waals surface area (Å²) in [4.78, 5) is 76.6. The van der Waals surface area contributed by atoms with E-state index in [1.165, 1.54) is 0 Å². The second kappa shape index (κ2) is 39.8. The third-order valence-electron chi connectivity index (χ3n) is 11.0. The number of hydrogen-bond acceptors (Lipinski definition) is 13. The largest absolute Gasteiger partial charge is 0.481 e. The van der Waals surface area contributed by atoms with Gasteiger partial charge in [0, 0.05) is 44.3 Å². The van der Waals surface area contributed by atoms with Crippen LogP contribution in [-0.2, 0) is 47.7 Å². The van der Waals surface area contributed by atoms with Crippen molar-refractivity contribution >= 4 is 52.1 Å². The summed E-state index contributed by atoms with van der Waals surface area (Å²) in [6.07, 6.45) is 4.97. The van der Waals surface area contributed by atoms with Crippen LogP contribution in [0, 0.1) is 12.8 Å². The van der Waals surface area contributed by atoms with E-state index in [0.29, 0.717) is 109 Å². The molecular weight excluding hydrogens is 975 g/mol. The van der Waals surface area contributed by atoms with Crippen LogP contribution in [0.25, 0.3) is 21.9 Å². The molecule has 0 saturated carbocycles. The predicted molar refractivity (Wildman–Crippen MR) is 296 cm³/mol. The number of pyridine rings is 1. The number of fused-ring (bicyclic) bond motifs is 1. The number of aliphatic carboxylic acids is 1. The van der Waals surface area contributed by atoms with Crippen molar-refractivity contribution in [1.29, 1.82) is 0 Å². The van der Waals surface area contributed by atoms with Crippen LogP contribution in [-0.4, -0.2) is 137 Å². The molecule has 2 atom stereocenters. The molecule has 76 heavy (non-hydrogen) atoms. The van der Waals surface area contributed by atoms with Crippen molar-refractivity contribution in [2.45, 2.75) is 105 Å². The number of carbonyl (C=O) groups excluding carboxylic acids is 5. The molecule has 8 N–H and O–H groups in total. The fraction of sp³-hybridized carbons (Fsp3) is 0.526. The molecule has 4 rings (SSSR count). The number of carboxylic acid groups (broad SMARTS) is 1. The van der Waals surface area contributed by atoms with Gasteiger partial charge in [-0.05, 0) is 89.8 Å². The minimum Gasteiger partial charge on any atom is -0.481 e. The number of nitrogens with one attached hydrogen (secondary N) is 5. The average Bonchev–Trinajstić information content (AvgIpc) is 3.40. The van der Waals surface area contributed by atoms with Crippen LogP contribution in [0.4, 0.5) is 5.82 Å². The number of aromatic nitrogens is 1. The number of nitrogens with zero attached hydrogens (tertiary/aromatic N) is 1. The number of anilines is 1. The van der Waals surface area contributed by atoms with E-state index in [0.717, 1.165) is 52.7 Å². The topological polar surface area (TPSA) is 268 Å². The number of ether oxygens (including phenoxy) is 5. The van der Waals surface area contributed by atoms with Gasteiger partial charge in [0.2, 0.25) is 29.5 Å². The van der Waals surface area contributed by atoms with Gasteiger partial charge in [-0.1, -0.05) is 96.1 Å². The lowest BCUT2D eigenvalue weighted by atomic mass is 9.93. The number of carboxylic acids is 1. The van der Waals surface area contributed by atoms with E-state index in [1.807, 2.05) is 96.1 Å². The van der Waals surface area contributed by atoms with Gasteiger partial charge in [0.1, 0.15) is 11.9 Å². The fourth-order valence-corrected chi connectivity index (χ4v) is 7.39. The maximum atomic E-state index is 12.6. The van der Waals surface area contributed by atoms with Gasteiger partial charge in [-0.15, -0.1) is 0 Å². The predicted octanol–water partition coefficient (Wildman–Crippen LogP) is 6.90. The number of primary amides is 1. The molecule has 5 amide bonds. The van der Waals surface area contributed by atoms with Gasteiger partial charge in [-0.25, -0.2) is 4.98 Å². The molecule has 1 heterocycles. The molecule has 420 valence electrons. The maximum Gasteiger partial charge on any atom is 0.305 e. The summed E-state index contributed by atoms with van der Waals surface area (Å²) in [6, 6.07) is 20.7. The van der Waals surface area contributed by atoms with Gasteiger partial charge in [0.25, 0.3) is 0 Å². The third kappa shape index (κ3) is 27.9. The molecule has 1 aromatic heterocycles. The molecule has 19 heteroatoms. The summed E-state index contributed by atoms with van der Waals surface area (Å²) >= 11 is 0. The van der Waals surface area contributed by atoms with E-state index >= 15 is 0 Å². The molecule has 0 unspecified atom stereocenters. The van der Waals surface area contributed by atoms with Crippen molar-refractivity contribution in [2.24, 2.45) is 11.7 Å². The molecule has 0 fully saturated rings. The van der Waals surface area contributed by atoms with E-state index in [1.54, 1.807) is 24.4 Å². The summed E-state index contributed by atoms with van der Waals surface area (Å²) in [5.41, 5.74) is 9.40. The quantitative estimate of drug-likeness (QED) is 0.0229. The Balaban J connectivity index is 0.000000524. The van der Waals surface area contributed by atoms with Crippen molar-refractivity contribution < 1.29 is 57.6 Å². The number of aryl methyl sites for hydroxylation is 1. The van der Waals surface area contributed by atoms with Crippen molar-refractivity contribution in [3.05, 3.63) is 95.7 Å². The Kier molecular flexibility index (Phi) is 34.4. The molecule has 0 radical (unpaired) electrons. The molecule has 4 aromatic rings. The van der Waals surface area contributed by atoms with E-state index < -0.39 is 29.9 Å². The number of benzene rings is 3. The van der Waals surface area contributed by atoms with Gasteiger partial charge in [0.05, 0.1) is 78.5 Å². The summed E-state index contributed by atoms with van der Waals surface area (Å²) in [7, 11) is 0. The molecule has 0 spiro atoms. The first-order chi connectivity index (χ1) is 36.7. The molecule has 0 aliphatic rings. The third-order valence-corrected chi connectivity index (χ3v) is 11.0. The van der Waals surface area contributed by atoms with Crippen molar-refractivity contribution in [1.82, 2.24) is 26.3 Å². The highest BCUT2D eigenvalue weighted by atomic mass is 16.6. The van der Waals surface area contributed by atoms with E-state index in [2.05, 4.69) is 38.5 Å². The molecule has 0 saturated heterocycles. The molecule has 0 aliphatic heterocycles. The first-order valence-electron chi connectivity index (χ1n) is 26.5. The Hall–Kier alpha value is -6.51. The molecular formula is C57H85N7O12. The number of amides is 5. The van der Waals surface area contributed by atoms with Gasteiger partial charge in [0.15, 0.2) is 0 Å². The lowest BCUT2D eigenvalue weighted by Crippen LogP contribution is -2.48. The van der Waals surface area contributed by atoms with E-state index in [4.69, 9.17) is 29.4 Å². The second-order valence-corrected chi connectivity index (χ2v) is 17.8. The summed E-state index contributed by atoms with van der Waals surface area (Å²) in [5, 5.41) is 25.1. The minimum atomic E-state index is -1.07. The monoisotopic (exact) mass is 1060 g/mol. The SMILES string of the molecule is CC.CCCOCCOCCOCCOCCOCCNC(=O)[C@H](CC(C)C)NC(=O)CCC.Cc1ccnc(NCCCC(=O)NCC(=O)N[C@@H](CC(=O)O)c2ccc(-c3ccc(C(N)=O)c4ccccc34)cc2)c1. The Labute approximate surface area is 449 Å². The fourth-order valence-electron chi connectivity index (χ4n) is 7.39. The average molecular weight is 1060 g/mol. The highest BCUT2D eigenvalue weighted by molar-refractivity contribution is 6.10. The normalized spacial score (nSPS) is 11.5. The van der Waals surface area contributed by atoms with Crippen molar-refractivity contribution in [3.8, 4) is 11.1 Å². The van der Waals surface area contributed by atoms with Gasteiger partial charge in [-0.3, -0.25) is 28.8 Å². The van der Waals surface area contributed by atoms with Gasteiger partial charge in [-0.2, -0.15) is 0 Å². The van der Waals surface area contributed by atoms with Crippen LogP contribution >= 0.6 is 0 Å². The molecule has 0 bridgehead atoms.